The predicted octanol–water partition coefficient (Wildman–Crippen LogP) is 0.259. The number of aromatic nitrogens is 2. The zero-order valence-corrected chi connectivity index (χ0v) is 12.0. The van der Waals surface area contributed by atoms with Crippen LogP contribution in [0, 0.1) is 0 Å². The first-order chi connectivity index (χ1) is 8.88. The van der Waals surface area contributed by atoms with Gasteiger partial charge in [0.2, 0.25) is 10.0 Å². The molecule has 0 atom stereocenters. The van der Waals surface area contributed by atoms with Crippen molar-refractivity contribution >= 4 is 27.4 Å². The van der Waals surface area contributed by atoms with E-state index in [-0.39, 0.29) is 11.1 Å². The van der Waals surface area contributed by atoms with Gasteiger partial charge in [-0.25, -0.2) is 17.7 Å². The molecule has 7 nitrogen and oxygen atoms in total. The Morgan fingerprint density at radius 3 is 2.68 bits per heavy atom. The molecule has 1 aromatic rings. The summed E-state index contributed by atoms with van der Waals surface area (Å²) in [6.45, 7) is 0.911. The van der Waals surface area contributed by atoms with Crippen LogP contribution in [0.5, 0.6) is 0 Å². The van der Waals surface area contributed by atoms with Gasteiger partial charge in [0.25, 0.3) is 5.56 Å². The molecular weight excluding hydrogens is 292 g/mol. The second-order valence-electron chi connectivity index (χ2n) is 4.47. The van der Waals surface area contributed by atoms with Crippen molar-refractivity contribution in [1.29, 1.82) is 0 Å². The third-order valence-corrected chi connectivity index (χ3v) is 4.71. The Morgan fingerprint density at radius 1 is 1.47 bits per heavy atom. The summed E-state index contributed by atoms with van der Waals surface area (Å²) in [5, 5.41) is 3.10. The number of rotatable bonds is 3. The highest BCUT2D eigenvalue weighted by Gasteiger charge is 2.25. The van der Waals surface area contributed by atoms with Crippen molar-refractivity contribution in [2.75, 3.05) is 24.7 Å². The lowest BCUT2D eigenvalue weighted by Gasteiger charge is -2.30. The fraction of sp³-hybridized carbons (Fsp3) is 0.600. The third kappa shape index (κ3) is 3.46. The maximum atomic E-state index is 11.4. The highest BCUT2D eigenvalue weighted by Crippen LogP contribution is 2.19. The zero-order chi connectivity index (χ0) is 14.0. The number of nitrogens with one attached hydrogen (secondary N) is 2. The first-order valence-corrected chi connectivity index (χ1v) is 8.05. The monoisotopic (exact) mass is 306 g/mol. The highest BCUT2D eigenvalue weighted by molar-refractivity contribution is 7.88. The molecule has 0 spiro atoms. The molecule has 2 rings (SSSR count). The number of aromatic amines is 1. The molecule has 1 saturated heterocycles. The lowest BCUT2D eigenvalue weighted by Crippen LogP contribution is -2.42. The van der Waals surface area contributed by atoms with Gasteiger partial charge in [0, 0.05) is 19.1 Å². The van der Waals surface area contributed by atoms with Crippen LogP contribution in [0.4, 0.5) is 5.82 Å². The lowest BCUT2D eigenvalue weighted by atomic mass is 10.1. The van der Waals surface area contributed by atoms with Gasteiger partial charge in [-0.3, -0.25) is 4.79 Å². The summed E-state index contributed by atoms with van der Waals surface area (Å²) in [4.78, 5) is 17.7. The van der Waals surface area contributed by atoms with E-state index in [0.717, 1.165) is 0 Å². The van der Waals surface area contributed by atoms with E-state index in [1.165, 1.54) is 16.9 Å². The normalized spacial score (nSPS) is 18.4. The molecule has 0 radical (unpaired) electrons. The maximum absolute atomic E-state index is 11.4. The predicted molar refractivity (Wildman–Crippen MR) is 72.9 cm³/mol. The Bertz CT molecular complexity index is 607. The van der Waals surface area contributed by atoms with Crippen molar-refractivity contribution in [3.63, 3.8) is 0 Å². The minimum atomic E-state index is -3.13. The van der Waals surface area contributed by atoms with Gasteiger partial charge in [0.15, 0.2) is 5.82 Å². The van der Waals surface area contributed by atoms with Crippen LogP contribution in [-0.4, -0.2) is 48.1 Å². The molecule has 2 heterocycles. The molecule has 106 valence electrons. The topological polar surface area (TPSA) is 95.2 Å². The molecule has 19 heavy (non-hydrogen) atoms. The number of hydrogen-bond donors (Lipinski definition) is 2. The molecule has 1 fully saturated rings. The van der Waals surface area contributed by atoms with Gasteiger partial charge in [-0.05, 0) is 12.8 Å². The van der Waals surface area contributed by atoms with Crippen LogP contribution in [-0.2, 0) is 10.0 Å². The first-order valence-electron chi connectivity index (χ1n) is 5.83. The van der Waals surface area contributed by atoms with Crippen molar-refractivity contribution < 1.29 is 8.42 Å². The number of H-pyrrole nitrogens is 1. The van der Waals surface area contributed by atoms with E-state index in [0.29, 0.717) is 31.7 Å². The van der Waals surface area contributed by atoms with Gasteiger partial charge in [-0.15, -0.1) is 0 Å². The molecule has 0 aromatic carbocycles. The molecule has 0 aliphatic carbocycles. The Labute approximate surface area is 116 Å². The minimum absolute atomic E-state index is 0.0213. The summed E-state index contributed by atoms with van der Waals surface area (Å²) in [6.07, 6.45) is 3.79. The minimum Gasteiger partial charge on any atom is -0.366 e. The van der Waals surface area contributed by atoms with Crippen LogP contribution in [0.25, 0.3) is 0 Å². The summed E-state index contributed by atoms with van der Waals surface area (Å²) in [7, 11) is -3.13. The van der Waals surface area contributed by atoms with Crippen LogP contribution >= 0.6 is 11.6 Å². The molecule has 0 amide bonds. The molecule has 0 bridgehead atoms. The largest absolute Gasteiger partial charge is 0.366 e. The summed E-state index contributed by atoms with van der Waals surface area (Å²) in [5.74, 6) is 0.336. The second-order valence-corrected chi connectivity index (χ2v) is 6.84. The van der Waals surface area contributed by atoms with E-state index in [4.69, 9.17) is 11.6 Å². The van der Waals surface area contributed by atoms with Gasteiger partial charge < -0.3 is 10.3 Å². The number of sulfonamides is 1. The Morgan fingerprint density at radius 2 is 2.11 bits per heavy atom. The molecule has 0 unspecified atom stereocenters. The first kappa shape index (κ1) is 14.3. The smallest absolute Gasteiger partial charge is 0.271 e. The van der Waals surface area contributed by atoms with Crippen LogP contribution < -0.4 is 10.9 Å². The fourth-order valence-electron chi connectivity index (χ4n) is 2.01. The van der Waals surface area contributed by atoms with Crippen molar-refractivity contribution in [2.24, 2.45) is 0 Å². The molecule has 1 aromatic heterocycles. The molecule has 1 aliphatic heterocycles. The molecule has 2 N–H and O–H groups in total. The van der Waals surface area contributed by atoms with E-state index in [2.05, 4.69) is 15.3 Å². The zero-order valence-electron chi connectivity index (χ0n) is 10.4. The number of anilines is 1. The van der Waals surface area contributed by atoms with Gasteiger partial charge in [-0.2, -0.15) is 0 Å². The maximum Gasteiger partial charge on any atom is 0.271 e. The van der Waals surface area contributed by atoms with Crippen LogP contribution in [0.3, 0.4) is 0 Å². The summed E-state index contributed by atoms with van der Waals surface area (Å²) >= 11 is 5.84. The molecule has 0 saturated carbocycles. The van der Waals surface area contributed by atoms with Gasteiger partial charge in [0.05, 0.1) is 12.6 Å². The standard InChI is InChI=1S/C10H15ClN4O3S/c1-19(17,18)15-4-2-7(3-5-15)14-9-8(11)10(16)13-6-12-9/h6-7H,2-5H2,1H3,(H2,12,13,14,16). The van der Waals surface area contributed by atoms with E-state index in [1.807, 2.05) is 0 Å². The SMILES string of the molecule is CS(=O)(=O)N1CCC(Nc2nc[nH]c(=O)c2Cl)CC1. The van der Waals surface area contributed by atoms with E-state index in [9.17, 15) is 13.2 Å². The highest BCUT2D eigenvalue weighted by atomic mass is 35.5. The number of nitrogens with zero attached hydrogens (tertiary/aromatic N) is 2. The summed E-state index contributed by atoms with van der Waals surface area (Å²) < 4.78 is 24.2. The Hall–Kier alpha value is -1.12. The number of hydrogen-bond acceptors (Lipinski definition) is 5. The molecular formula is C10H15ClN4O3S. The fourth-order valence-corrected chi connectivity index (χ4v) is 3.04. The third-order valence-electron chi connectivity index (χ3n) is 3.06. The Kier molecular flexibility index (Phi) is 4.12. The number of piperidine rings is 1. The molecule has 1 aliphatic rings. The van der Waals surface area contributed by atoms with Crippen LogP contribution in [0.2, 0.25) is 5.02 Å². The van der Waals surface area contributed by atoms with Gasteiger partial charge in [-0.1, -0.05) is 11.6 Å². The Balaban J connectivity index is 2.00. The summed E-state index contributed by atoms with van der Waals surface area (Å²) in [5.41, 5.74) is -0.396. The van der Waals surface area contributed by atoms with E-state index < -0.39 is 15.6 Å². The van der Waals surface area contributed by atoms with Gasteiger partial charge in [0.1, 0.15) is 5.02 Å². The van der Waals surface area contributed by atoms with Crippen molar-refractivity contribution in [1.82, 2.24) is 14.3 Å². The van der Waals surface area contributed by atoms with Gasteiger partial charge >= 0.3 is 0 Å². The quantitative estimate of drug-likeness (QED) is 0.835. The van der Waals surface area contributed by atoms with Crippen molar-refractivity contribution in [3.05, 3.63) is 21.7 Å². The lowest BCUT2D eigenvalue weighted by molar-refractivity contribution is 0.331. The van der Waals surface area contributed by atoms with Crippen LogP contribution in [0.15, 0.2) is 11.1 Å². The van der Waals surface area contributed by atoms with Crippen molar-refractivity contribution in [3.8, 4) is 0 Å². The molecule has 9 heteroatoms. The second kappa shape index (κ2) is 5.48. The number of halogens is 1. The average molecular weight is 307 g/mol. The van der Waals surface area contributed by atoms with Crippen molar-refractivity contribution in [2.45, 2.75) is 18.9 Å². The summed E-state index contributed by atoms with van der Waals surface area (Å²) in [6, 6.07) is 0.0600. The van der Waals surface area contributed by atoms with E-state index in [1.54, 1.807) is 0 Å². The van der Waals surface area contributed by atoms with Crippen LogP contribution in [0.1, 0.15) is 12.8 Å². The van der Waals surface area contributed by atoms with E-state index >= 15 is 0 Å². The average Bonchev–Trinajstić information content (AvgIpc) is 2.35.